The van der Waals surface area contributed by atoms with Crippen LogP contribution in [0.4, 0.5) is 5.69 Å². The number of hydrogen-bond acceptors (Lipinski definition) is 4. The van der Waals surface area contributed by atoms with Crippen LogP contribution in [0.15, 0.2) is 41.2 Å². The molecule has 0 spiro atoms. The maximum absolute atomic E-state index is 11.9. The van der Waals surface area contributed by atoms with Crippen LogP contribution in [0, 0.1) is 0 Å². The summed E-state index contributed by atoms with van der Waals surface area (Å²) in [6, 6.07) is 10.5. The first-order valence-corrected chi connectivity index (χ1v) is 7.26. The van der Waals surface area contributed by atoms with Crippen LogP contribution < -0.4 is 10.2 Å². The Labute approximate surface area is 116 Å². The van der Waals surface area contributed by atoms with E-state index < -0.39 is 0 Å². The average molecular weight is 273 g/mol. The Morgan fingerprint density at radius 3 is 2.95 bits per heavy atom. The van der Waals surface area contributed by atoms with Gasteiger partial charge in [0.1, 0.15) is 5.69 Å². The van der Waals surface area contributed by atoms with Gasteiger partial charge in [0.15, 0.2) is 0 Å². The van der Waals surface area contributed by atoms with Crippen molar-refractivity contribution in [2.45, 2.75) is 12.5 Å². The Hall–Kier alpha value is -1.88. The number of carbonyl (C=O) groups excluding carboxylic acids is 1. The minimum absolute atomic E-state index is 0.0684. The van der Waals surface area contributed by atoms with Gasteiger partial charge in [0.05, 0.1) is 5.51 Å². The summed E-state index contributed by atoms with van der Waals surface area (Å²) >= 11 is 1.44. The molecule has 1 N–H and O–H groups in total. The molecule has 1 aromatic heterocycles. The lowest BCUT2D eigenvalue weighted by atomic mass is 10.2. The maximum atomic E-state index is 11.9. The standard InChI is InChI=1S/C14H15N3OS/c18-14(13-9-19-10-15-13)16-11-6-7-17(8-11)12-4-2-1-3-5-12/h1-5,9-11H,6-8H2,(H,16,18). The molecule has 2 heterocycles. The molecule has 4 nitrogen and oxygen atoms in total. The third kappa shape index (κ3) is 2.76. The van der Waals surface area contributed by atoms with Gasteiger partial charge in [0.25, 0.3) is 5.91 Å². The first kappa shape index (κ1) is 12.2. The van der Waals surface area contributed by atoms with Gasteiger partial charge in [-0.3, -0.25) is 4.79 Å². The van der Waals surface area contributed by atoms with Crippen LogP contribution in [-0.4, -0.2) is 30.0 Å². The fraction of sp³-hybridized carbons (Fsp3) is 0.286. The summed E-state index contributed by atoms with van der Waals surface area (Å²) in [6.07, 6.45) is 0.977. The molecule has 1 saturated heterocycles. The summed E-state index contributed by atoms with van der Waals surface area (Å²) < 4.78 is 0. The molecule has 1 unspecified atom stereocenters. The summed E-state index contributed by atoms with van der Waals surface area (Å²) in [6.45, 7) is 1.84. The van der Waals surface area contributed by atoms with Gasteiger partial charge in [-0.05, 0) is 18.6 Å². The number of aromatic nitrogens is 1. The van der Waals surface area contributed by atoms with Crippen molar-refractivity contribution < 1.29 is 4.79 Å². The molecule has 0 saturated carbocycles. The maximum Gasteiger partial charge on any atom is 0.271 e. The summed E-state index contributed by atoms with van der Waals surface area (Å²) in [5.41, 5.74) is 3.41. The third-order valence-corrected chi connectivity index (χ3v) is 3.90. The number of para-hydroxylation sites is 1. The fourth-order valence-electron chi connectivity index (χ4n) is 2.34. The van der Waals surface area contributed by atoms with E-state index in [-0.39, 0.29) is 11.9 Å². The van der Waals surface area contributed by atoms with Gasteiger partial charge in [-0.1, -0.05) is 18.2 Å². The van der Waals surface area contributed by atoms with E-state index in [0.717, 1.165) is 19.5 Å². The normalized spacial score (nSPS) is 18.5. The van der Waals surface area contributed by atoms with Crippen molar-refractivity contribution in [3.05, 3.63) is 46.9 Å². The number of nitrogens with zero attached hydrogens (tertiary/aromatic N) is 2. The molecule has 0 aliphatic carbocycles. The van der Waals surface area contributed by atoms with Gasteiger partial charge < -0.3 is 10.2 Å². The van der Waals surface area contributed by atoms with Crippen molar-refractivity contribution in [3.8, 4) is 0 Å². The number of nitrogens with one attached hydrogen (secondary N) is 1. The van der Waals surface area contributed by atoms with Crippen LogP contribution in [0.1, 0.15) is 16.9 Å². The van der Waals surface area contributed by atoms with Gasteiger partial charge in [-0.25, -0.2) is 4.98 Å². The van der Waals surface area contributed by atoms with E-state index in [1.54, 1.807) is 10.9 Å². The molecule has 0 bridgehead atoms. The molecule has 1 aromatic carbocycles. The van der Waals surface area contributed by atoms with E-state index in [2.05, 4.69) is 27.3 Å². The number of anilines is 1. The van der Waals surface area contributed by atoms with Crippen LogP contribution in [0.25, 0.3) is 0 Å². The molecule has 3 rings (SSSR count). The first-order valence-electron chi connectivity index (χ1n) is 6.32. The molecule has 0 radical (unpaired) electrons. The van der Waals surface area contributed by atoms with Crippen molar-refractivity contribution in [2.24, 2.45) is 0 Å². The highest BCUT2D eigenvalue weighted by atomic mass is 32.1. The third-order valence-electron chi connectivity index (χ3n) is 3.31. The first-order chi connectivity index (χ1) is 9.33. The predicted octanol–water partition coefficient (Wildman–Crippen LogP) is 2.15. The van der Waals surface area contributed by atoms with Crippen LogP contribution in [-0.2, 0) is 0 Å². The zero-order valence-electron chi connectivity index (χ0n) is 10.5. The number of amides is 1. The number of rotatable bonds is 3. The highest BCUT2D eigenvalue weighted by Gasteiger charge is 2.24. The van der Waals surface area contributed by atoms with Crippen LogP contribution in [0.3, 0.4) is 0 Å². The van der Waals surface area contributed by atoms with Crippen LogP contribution >= 0.6 is 11.3 Å². The minimum atomic E-state index is -0.0684. The number of benzene rings is 1. The zero-order valence-corrected chi connectivity index (χ0v) is 11.3. The summed E-state index contributed by atoms with van der Waals surface area (Å²) in [5.74, 6) is -0.0684. The van der Waals surface area contributed by atoms with E-state index in [0.29, 0.717) is 5.69 Å². The Kier molecular flexibility index (Phi) is 3.46. The van der Waals surface area contributed by atoms with Crippen molar-refractivity contribution >= 4 is 22.9 Å². The lowest BCUT2D eigenvalue weighted by Crippen LogP contribution is -2.37. The van der Waals surface area contributed by atoms with Gasteiger partial charge >= 0.3 is 0 Å². The molecule has 1 aliphatic heterocycles. The molecule has 5 heteroatoms. The topological polar surface area (TPSA) is 45.2 Å². The van der Waals surface area contributed by atoms with Gasteiger partial charge in [-0.2, -0.15) is 0 Å². The summed E-state index contributed by atoms with van der Waals surface area (Å²) in [5, 5.41) is 4.82. The molecule has 1 atom stereocenters. The molecule has 2 aromatic rings. The minimum Gasteiger partial charge on any atom is -0.369 e. The van der Waals surface area contributed by atoms with Gasteiger partial charge in [0, 0.05) is 30.2 Å². The van der Waals surface area contributed by atoms with E-state index in [4.69, 9.17) is 0 Å². The van der Waals surface area contributed by atoms with Gasteiger partial charge in [0.2, 0.25) is 0 Å². The molecule has 1 amide bonds. The van der Waals surface area contributed by atoms with Crippen molar-refractivity contribution in [3.63, 3.8) is 0 Å². The fourth-order valence-corrected chi connectivity index (χ4v) is 2.87. The molecular formula is C14H15N3OS. The Morgan fingerprint density at radius 1 is 1.37 bits per heavy atom. The van der Waals surface area contributed by atoms with E-state index in [1.807, 2.05) is 18.2 Å². The Bertz CT molecular complexity index is 541. The second-order valence-electron chi connectivity index (χ2n) is 4.61. The quantitative estimate of drug-likeness (QED) is 0.932. The molecule has 1 fully saturated rings. The van der Waals surface area contributed by atoms with Crippen molar-refractivity contribution in [2.75, 3.05) is 18.0 Å². The molecule has 98 valence electrons. The second kappa shape index (κ2) is 5.40. The average Bonchev–Trinajstić information content (AvgIpc) is 3.11. The monoisotopic (exact) mass is 273 g/mol. The Balaban J connectivity index is 1.59. The van der Waals surface area contributed by atoms with E-state index >= 15 is 0 Å². The Morgan fingerprint density at radius 2 is 2.21 bits per heavy atom. The molecule has 19 heavy (non-hydrogen) atoms. The molecule has 1 aliphatic rings. The van der Waals surface area contributed by atoms with E-state index in [1.165, 1.54) is 17.0 Å². The highest BCUT2D eigenvalue weighted by Crippen LogP contribution is 2.19. The second-order valence-corrected chi connectivity index (χ2v) is 5.33. The SMILES string of the molecule is O=C(NC1CCN(c2ccccc2)C1)c1cscn1. The van der Waals surface area contributed by atoms with Crippen LogP contribution in [0.2, 0.25) is 0 Å². The molecular weight excluding hydrogens is 258 g/mol. The largest absolute Gasteiger partial charge is 0.369 e. The number of hydrogen-bond donors (Lipinski definition) is 1. The predicted molar refractivity (Wildman–Crippen MR) is 76.6 cm³/mol. The summed E-state index contributed by atoms with van der Waals surface area (Å²) in [7, 11) is 0. The van der Waals surface area contributed by atoms with Crippen molar-refractivity contribution in [1.29, 1.82) is 0 Å². The summed E-state index contributed by atoms with van der Waals surface area (Å²) in [4.78, 5) is 18.2. The number of thiazole rings is 1. The van der Waals surface area contributed by atoms with E-state index in [9.17, 15) is 4.79 Å². The van der Waals surface area contributed by atoms with Crippen molar-refractivity contribution in [1.82, 2.24) is 10.3 Å². The lowest BCUT2D eigenvalue weighted by molar-refractivity contribution is 0.0936. The highest BCUT2D eigenvalue weighted by molar-refractivity contribution is 7.07. The number of carbonyl (C=O) groups is 1. The lowest BCUT2D eigenvalue weighted by Gasteiger charge is -2.18. The van der Waals surface area contributed by atoms with Gasteiger partial charge in [-0.15, -0.1) is 11.3 Å². The smallest absolute Gasteiger partial charge is 0.271 e. The zero-order chi connectivity index (χ0) is 13.1. The van der Waals surface area contributed by atoms with Crippen LogP contribution in [0.5, 0.6) is 0 Å².